The van der Waals surface area contributed by atoms with Crippen molar-refractivity contribution in [3.8, 4) is 11.5 Å². The molecule has 1 N–H and O–H groups in total. The van der Waals surface area contributed by atoms with E-state index in [1.54, 1.807) is 32.0 Å². The van der Waals surface area contributed by atoms with Crippen molar-refractivity contribution >= 4 is 11.7 Å². The molecule has 3 rings (SSSR count). The molecule has 132 valence electrons. The lowest BCUT2D eigenvalue weighted by molar-refractivity contribution is -0.183. The highest BCUT2D eigenvalue weighted by molar-refractivity contribution is 5.89. The van der Waals surface area contributed by atoms with Crippen molar-refractivity contribution in [3.63, 3.8) is 0 Å². The number of nitrogens with one attached hydrogen (secondary N) is 1. The minimum absolute atomic E-state index is 0.0632. The van der Waals surface area contributed by atoms with Crippen LogP contribution in [0.25, 0.3) is 0 Å². The van der Waals surface area contributed by atoms with E-state index in [1.807, 2.05) is 0 Å². The van der Waals surface area contributed by atoms with Crippen LogP contribution in [0.2, 0.25) is 0 Å². The summed E-state index contributed by atoms with van der Waals surface area (Å²) < 4.78 is 49.1. The molecule has 2 amide bonds. The number of rotatable bonds is 1. The zero-order valence-corrected chi connectivity index (χ0v) is 13.4. The maximum absolute atomic E-state index is 12.7. The predicted molar refractivity (Wildman–Crippen MR) is 81.1 cm³/mol. The summed E-state index contributed by atoms with van der Waals surface area (Å²) >= 11 is 0. The Bertz CT molecular complexity index is 638. The highest BCUT2D eigenvalue weighted by atomic mass is 19.4. The average molecular weight is 344 g/mol. The Labute approximate surface area is 137 Å². The van der Waals surface area contributed by atoms with Gasteiger partial charge in [0.2, 0.25) is 5.79 Å². The first-order valence-corrected chi connectivity index (χ1v) is 7.79. The topological polar surface area (TPSA) is 50.8 Å². The minimum atomic E-state index is -4.19. The van der Waals surface area contributed by atoms with Gasteiger partial charge in [0.1, 0.15) is 0 Å². The van der Waals surface area contributed by atoms with E-state index >= 15 is 0 Å². The van der Waals surface area contributed by atoms with Crippen LogP contribution < -0.4 is 14.8 Å². The van der Waals surface area contributed by atoms with Crippen molar-refractivity contribution in [2.24, 2.45) is 5.92 Å². The van der Waals surface area contributed by atoms with Crippen molar-refractivity contribution < 1.29 is 27.4 Å². The fourth-order valence-corrected chi connectivity index (χ4v) is 2.91. The molecule has 0 aliphatic carbocycles. The number of benzene rings is 1. The van der Waals surface area contributed by atoms with Crippen molar-refractivity contribution in [1.29, 1.82) is 0 Å². The van der Waals surface area contributed by atoms with E-state index < -0.39 is 23.9 Å². The molecule has 2 aliphatic heterocycles. The van der Waals surface area contributed by atoms with Gasteiger partial charge in [0.05, 0.1) is 5.92 Å². The number of anilines is 1. The number of halogens is 3. The number of alkyl halides is 3. The lowest BCUT2D eigenvalue weighted by atomic mass is 9.96. The van der Waals surface area contributed by atoms with Crippen LogP contribution >= 0.6 is 0 Å². The summed E-state index contributed by atoms with van der Waals surface area (Å²) in [5, 5.41) is 2.69. The highest BCUT2D eigenvalue weighted by Gasteiger charge is 2.41. The predicted octanol–water partition coefficient (Wildman–Crippen LogP) is 4.00. The summed E-state index contributed by atoms with van der Waals surface area (Å²) in [6.45, 7) is 3.73. The summed E-state index contributed by atoms with van der Waals surface area (Å²) in [5.41, 5.74) is 0.512. The van der Waals surface area contributed by atoms with E-state index in [1.165, 1.54) is 4.90 Å². The van der Waals surface area contributed by atoms with Crippen molar-refractivity contribution in [2.75, 3.05) is 18.4 Å². The van der Waals surface area contributed by atoms with E-state index in [0.29, 0.717) is 17.2 Å². The average Bonchev–Trinajstić information content (AvgIpc) is 2.79. The van der Waals surface area contributed by atoms with Gasteiger partial charge in [-0.2, -0.15) is 13.2 Å². The van der Waals surface area contributed by atoms with E-state index in [4.69, 9.17) is 9.47 Å². The molecule has 0 unspecified atom stereocenters. The van der Waals surface area contributed by atoms with Gasteiger partial charge in [0.25, 0.3) is 0 Å². The zero-order chi connectivity index (χ0) is 17.5. The molecule has 5 nitrogen and oxygen atoms in total. The first kappa shape index (κ1) is 16.7. The fourth-order valence-electron chi connectivity index (χ4n) is 2.91. The second-order valence-electron chi connectivity index (χ2n) is 6.50. The first-order chi connectivity index (χ1) is 11.1. The van der Waals surface area contributed by atoms with Crippen LogP contribution in [-0.2, 0) is 0 Å². The molecule has 1 aromatic rings. The summed E-state index contributed by atoms with van der Waals surface area (Å²) in [6.07, 6.45) is -4.31. The molecule has 0 aromatic heterocycles. The van der Waals surface area contributed by atoms with Gasteiger partial charge < -0.3 is 19.7 Å². The second-order valence-corrected chi connectivity index (χ2v) is 6.50. The van der Waals surface area contributed by atoms with E-state index in [-0.39, 0.29) is 25.9 Å². The Morgan fingerprint density at radius 2 is 1.83 bits per heavy atom. The molecule has 0 atom stereocenters. The molecule has 0 bridgehead atoms. The quantitative estimate of drug-likeness (QED) is 0.838. The number of nitrogens with zero attached hydrogens (tertiary/aromatic N) is 1. The van der Waals surface area contributed by atoms with Crippen LogP contribution in [0.5, 0.6) is 11.5 Å². The standard InChI is InChI=1S/C16H19F3N2O3/c1-15(2)23-12-4-3-11(9-13(12)24-15)20-14(22)21-7-5-10(6-8-21)16(17,18)19/h3-4,9-10H,5-8H2,1-2H3,(H,20,22). The number of fused-ring (bicyclic) bond motifs is 1. The second kappa shape index (κ2) is 5.75. The molecular weight excluding hydrogens is 325 g/mol. The Morgan fingerprint density at radius 1 is 1.21 bits per heavy atom. The van der Waals surface area contributed by atoms with Crippen molar-refractivity contribution in [2.45, 2.75) is 38.7 Å². The molecule has 0 saturated carbocycles. The molecule has 1 saturated heterocycles. The number of likely N-dealkylation sites (tertiary alicyclic amines) is 1. The summed E-state index contributed by atoms with van der Waals surface area (Å²) in [6, 6.07) is 4.60. The number of hydrogen-bond acceptors (Lipinski definition) is 3. The Morgan fingerprint density at radius 3 is 2.46 bits per heavy atom. The van der Waals surface area contributed by atoms with Crippen LogP contribution in [0.1, 0.15) is 26.7 Å². The third-order valence-corrected chi connectivity index (χ3v) is 4.15. The van der Waals surface area contributed by atoms with Gasteiger partial charge in [-0.05, 0) is 25.0 Å². The van der Waals surface area contributed by atoms with E-state index in [0.717, 1.165) is 0 Å². The van der Waals surface area contributed by atoms with Gasteiger partial charge in [-0.3, -0.25) is 0 Å². The van der Waals surface area contributed by atoms with Crippen LogP contribution in [0.3, 0.4) is 0 Å². The molecule has 2 heterocycles. The molecule has 0 radical (unpaired) electrons. The SMILES string of the molecule is CC1(C)Oc2ccc(NC(=O)N3CCC(C(F)(F)F)CC3)cc2O1. The van der Waals surface area contributed by atoms with Gasteiger partial charge in [-0.1, -0.05) is 0 Å². The van der Waals surface area contributed by atoms with Gasteiger partial charge in [-0.15, -0.1) is 0 Å². The smallest absolute Gasteiger partial charge is 0.391 e. The number of hydrogen-bond donors (Lipinski definition) is 1. The molecule has 1 fully saturated rings. The largest absolute Gasteiger partial charge is 0.449 e. The molecule has 2 aliphatic rings. The van der Waals surface area contributed by atoms with Gasteiger partial charge in [0, 0.05) is 38.7 Å². The van der Waals surface area contributed by atoms with Gasteiger partial charge in [-0.25, -0.2) is 4.79 Å². The lowest BCUT2D eigenvalue weighted by Gasteiger charge is -2.32. The monoisotopic (exact) mass is 344 g/mol. The number of ether oxygens (including phenoxy) is 2. The number of carbonyl (C=O) groups is 1. The van der Waals surface area contributed by atoms with Gasteiger partial charge in [0.15, 0.2) is 11.5 Å². The molecule has 8 heteroatoms. The summed E-state index contributed by atoms with van der Waals surface area (Å²) in [7, 11) is 0. The number of piperidine rings is 1. The zero-order valence-electron chi connectivity index (χ0n) is 13.4. The van der Waals surface area contributed by atoms with E-state index in [9.17, 15) is 18.0 Å². The minimum Gasteiger partial charge on any atom is -0.449 e. The first-order valence-electron chi connectivity index (χ1n) is 7.79. The van der Waals surface area contributed by atoms with Crippen LogP contribution in [-0.4, -0.2) is 36.0 Å². The fraction of sp³-hybridized carbons (Fsp3) is 0.562. The highest BCUT2D eigenvalue weighted by Crippen LogP contribution is 2.40. The lowest BCUT2D eigenvalue weighted by Crippen LogP contribution is -2.43. The number of carbonyl (C=O) groups excluding carboxylic acids is 1. The Kier molecular flexibility index (Phi) is 4.01. The van der Waals surface area contributed by atoms with Crippen LogP contribution in [0.4, 0.5) is 23.7 Å². The van der Waals surface area contributed by atoms with Crippen LogP contribution in [0, 0.1) is 5.92 Å². The maximum atomic E-state index is 12.7. The summed E-state index contributed by atoms with van der Waals surface area (Å²) in [5.74, 6) is -0.975. The normalized spacial score (nSPS) is 20.1. The molecule has 24 heavy (non-hydrogen) atoms. The Hall–Kier alpha value is -2.12. The number of amides is 2. The maximum Gasteiger partial charge on any atom is 0.391 e. The van der Waals surface area contributed by atoms with Crippen molar-refractivity contribution in [1.82, 2.24) is 4.90 Å². The molecular formula is C16H19F3N2O3. The number of urea groups is 1. The summed E-state index contributed by atoms with van der Waals surface area (Å²) in [4.78, 5) is 13.6. The molecule has 0 spiro atoms. The van der Waals surface area contributed by atoms with Crippen LogP contribution in [0.15, 0.2) is 18.2 Å². The third-order valence-electron chi connectivity index (χ3n) is 4.15. The Balaban J connectivity index is 1.59. The van der Waals surface area contributed by atoms with Crippen molar-refractivity contribution in [3.05, 3.63) is 18.2 Å². The third kappa shape index (κ3) is 3.52. The van der Waals surface area contributed by atoms with E-state index in [2.05, 4.69) is 5.32 Å². The van der Waals surface area contributed by atoms with Gasteiger partial charge >= 0.3 is 12.2 Å². The molecule has 1 aromatic carbocycles.